The van der Waals surface area contributed by atoms with Crippen LogP contribution >= 0.6 is 0 Å². The van der Waals surface area contributed by atoms with Crippen LogP contribution in [0.25, 0.3) is 5.52 Å². The lowest BCUT2D eigenvalue weighted by molar-refractivity contribution is 0.0933. The Hall–Kier alpha value is -2.30. The Morgan fingerprint density at radius 3 is 2.56 bits per heavy atom. The summed E-state index contributed by atoms with van der Waals surface area (Å²) in [5.74, 6) is -0.867. The number of hydrogen-bond donors (Lipinski definition) is 2. The maximum Gasteiger partial charge on any atom is 0.250 e. The van der Waals surface area contributed by atoms with Gasteiger partial charge in [-0.3, -0.25) is 9.59 Å². The zero-order valence-electron chi connectivity index (χ0n) is 10.2. The first-order valence-electron chi connectivity index (χ1n) is 5.60. The van der Waals surface area contributed by atoms with Crippen molar-refractivity contribution in [2.24, 2.45) is 11.7 Å². The Morgan fingerprint density at radius 2 is 2.00 bits per heavy atom. The van der Waals surface area contributed by atoms with Crippen molar-refractivity contribution in [3.8, 4) is 5.75 Å². The normalized spacial score (nSPS) is 11.1. The van der Waals surface area contributed by atoms with E-state index in [0.29, 0.717) is 11.2 Å². The molecule has 3 N–H and O–H groups in total. The van der Waals surface area contributed by atoms with Gasteiger partial charge in [-0.1, -0.05) is 13.8 Å². The highest BCUT2D eigenvalue weighted by Crippen LogP contribution is 2.22. The molecule has 18 heavy (non-hydrogen) atoms. The van der Waals surface area contributed by atoms with Crippen molar-refractivity contribution in [2.75, 3.05) is 0 Å². The van der Waals surface area contributed by atoms with Crippen LogP contribution in [-0.4, -0.2) is 21.2 Å². The Bertz CT molecular complexity index is 641. The molecule has 0 fully saturated rings. The third-order valence-corrected chi connectivity index (χ3v) is 2.80. The van der Waals surface area contributed by atoms with Crippen LogP contribution in [0.1, 0.15) is 34.7 Å². The minimum Gasteiger partial charge on any atom is -0.508 e. The molecule has 0 atom stereocenters. The number of pyridine rings is 1. The van der Waals surface area contributed by atoms with Crippen molar-refractivity contribution in [1.29, 1.82) is 0 Å². The molecule has 0 bridgehead atoms. The number of ketones is 1. The zero-order chi connectivity index (χ0) is 13.4. The van der Waals surface area contributed by atoms with Gasteiger partial charge in [0.15, 0.2) is 5.78 Å². The van der Waals surface area contributed by atoms with Gasteiger partial charge in [0.1, 0.15) is 5.75 Å². The number of nitrogens with two attached hydrogens (primary N) is 1. The second-order valence-electron chi connectivity index (χ2n) is 4.47. The number of primary amides is 1. The van der Waals surface area contributed by atoms with Gasteiger partial charge in [0.2, 0.25) is 0 Å². The number of aromatic nitrogens is 1. The predicted octanol–water partition coefficient (Wildman–Crippen LogP) is 1.58. The number of carbonyl (C=O) groups is 2. The Morgan fingerprint density at radius 1 is 1.33 bits per heavy atom. The number of rotatable bonds is 3. The van der Waals surface area contributed by atoms with E-state index in [0.717, 1.165) is 0 Å². The lowest BCUT2D eigenvalue weighted by atomic mass is 10.1. The number of hydrogen-bond acceptors (Lipinski definition) is 3. The van der Waals surface area contributed by atoms with Crippen LogP contribution in [-0.2, 0) is 0 Å². The number of nitrogens with zero attached hydrogens (tertiary/aromatic N) is 1. The number of carbonyl (C=O) groups excluding carboxylic acids is 2. The van der Waals surface area contributed by atoms with Crippen molar-refractivity contribution in [2.45, 2.75) is 13.8 Å². The minimum atomic E-state index is -0.624. The van der Waals surface area contributed by atoms with Crippen LogP contribution in [0.5, 0.6) is 5.75 Å². The molecular weight excluding hydrogens is 232 g/mol. The van der Waals surface area contributed by atoms with E-state index in [9.17, 15) is 14.7 Å². The minimum absolute atomic E-state index is 0.0200. The lowest BCUT2D eigenvalue weighted by Crippen LogP contribution is -2.10. The first kappa shape index (κ1) is 12.2. The van der Waals surface area contributed by atoms with Crippen LogP contribution in [0, 0.1) is 5.92 Å². The smallest absolute Gasteiger partial charge is 0.250 e. The maximum absolute atomic E-state index is 12.0. The SMILES string of the molecule is CC(C)C(=O)c1cc(C(N)=O)c2cc(O)ccn12. The fraction of sp³-hybridized carbons (Fsp3) is 0.231. The van der Waals surface area contributed by atoms with Gasteiger partial charge in [0.25, 0.3) is 5.91 Å². The standard InChI is InChI=1S/C13H14N2O3/c1-7(2)12(17)11-6-9(13(14)18)10-5-8(16)3-4-15(10)11/h3-7,16H,1-2H3,(H2,14,18). The summed E-state index contributed by atoms with van der Waals surface area (Å²) in [6.07, 6.45) is 1.55. The summed E-state index contributed by atoms with van der Waals surface area (Å²) < 4.78 is 1.57. The van der Waals surface area contributed by atoms with E-state index in [1.165, 1.54) is 18.2 Å². The quantitative estimate of drug-likeness (QED) is 0.806. The highest BCUT2D eigenvalue weighted by atomic mass is 16.3. The third-order valence-electron chi connectivity index (χ3n) is 2.80. The Labute approximate surface area is 104 Å². The monoisotopic (exact) mass is 246 g/mol. The van der Waals surface area contributed by atoms with Gasteiger partial charge in [-0.25, -0.2) is 0 Å². The zero-order valence-corrected chi connectivity index (χ0v) is 10.2. The van der Waals surface area contributed by atoms with Crippen molar-refractivity contribution in [3.63, 3.8) is 0 Å². The highest BCUT2D eigenvalue weighted by Gasteiger charge is 2.20. The van der Waals surface area contributed by atoms with E-state index in [4.69, 9.17) is 5.73 Å². The highest BCUT2D eigenvalue weighted by molar-refractivity contribution is 6.05. The molecular formula is C13H14N2O3. The van der Waals surface area contributed by atoms with Gasteiger partial charge in [0.05, 0.1) is 16.8 Å². The number of aromatic hydroxyl groups is 1. The molecule has 5 heteroatoms. The molecule has 0 saturated carbocycles. The predicted molar refractivity (Wildman–Crippen MR) is 66.7 cm³/mol. The van der Waals surface area contributed by atoms with Crippen LogP contribution in [0.4, 0.5) is 0 Å². The van der Waals surface area contributed by atoms with E-state index in [1.54, 1.807) is 24.4 Å². The molecule has 2 aromatic heterocycles. The van der Waals surface area contributed by atoms with Gasteiger partial charge in [-0.2, -0.15) is 0 Å². The summed E-state index contributed by atoms with van der Waals surface area (Å²) in [6.45, 7) is 3.57. The van der Waals surface area contributed by atoms with E-state index in [-0.39, 0.29) is 23.0 Å². The fourth-order valence-electron chi connectivity index (χ4n) is 1.87. The second kappa shape index (κ2) is 4.18. The van der Waals surface area contributed by atoms with Crippen LogP contribution < -0.4 is 5.73 Å². The molecule has 1 amide bonds. The molecule has 0 aromatic carbocycles. The van der Waals surface area contributed by atoms with Gasteiger partial charge in [-0.05, 0) is 12.1 Å². The summed E-state index contributed by atoms with van der Waals surface area (Å²) in [6, 6.07) is 4.34. The van der Waals surface area contributed by atoms with E-state index < -0.39 is 5.91 Å². The number of fused-ring (bicyclic) bond motifs is 1. The molecule has 2 heterocycles. The van der Waals surface area contributed by atoms with E-state index in [2.05, 4.69) is 0 Å². The van der Waals surface area contributed by atoms with Crippen molar-refractivity contribution in [1.82, 2.24) is 4.40 Å². The molecule has 5 nitrogen and oxygen atoms in total. The second-order valence-corrected chi connectivity index (χ2v) is 4.47. The van der Waals surface area contributed by atoms with Crippen LogP contribution in [0.3, 0.4) is 0 Å². The third kappa shape index (κ3) is 1.84. The lowest BCUT2D eigenvalue weighted by Gasteiger charge is -2.04. The Balaban J connectivity index is 2.76. The molecule has 0 unspecified atom stereocenters. The van der Waals surface area contributed by atoms with E-state index >= 15 is 0 Å². The van der Waals surface area contributed by atoms with Gasteiger partial charge >= 0.3 is 0 Å². The molecule has 0 saturated heterocycles. The number of amides is 1. The molecule has 94 valence electrons. The van der Waals surface area contributed by atoms with Gasteiger partial charge in [-0.15, -0.1) is 0 Å². The molecule has 0 aliphatic rings. The van der Waals surface area contributed by atoms with Gasteiger partial charge in [0, 0.05) is 18.2 Å². The summed E-state index contributed by atoms with van der Waals surface area (Å²) in [5, 5.41) is 9.44. The maximum atomic E-state index is 12.0. The van der Waals surface area contributed by atoms with Crippen LogP contribution in [0.2, 0.25) is 0 Å². The molecule has 0 aliphatic carbocycles. The Kier molecular flexibility index (Phi) is 2.82. The summed E-state index contributed by atoms with van der Waals surface area (Å²) >= 11 is 0. The first-order valence-corrected chi connectivity index (χ1v) is 5.60. The first-order chi connectivity index (χ1) is 8.41. The average Bonchev–Trinajstić information content (AvgIpc) is 2.66. The fourth-order valence-corrected chi connectivity index (χ4v) is 1.87. The van der Waals surface area contributed by atoms with Crippen molar-refractivity contribution < 1.29 is 14.7 Å². The van der Waals surface area contributed by atoms with Crippen molar-refractivity contribution >= 4 is 17.2 Å². The largest absolute Gasteiger partial charge is 0.508 e. The molecule has 2 rings (SSSR count). The molecule has 2 aromatic rings. The molecule has 0 spiro atoms. The summed E-state index contributed by atoms with van der Waals surface area (Å²) in [5.41, 5.74) is 6.34. The summed E-state index contributed by atoms with van der Waals surface area (Å²) in [4.78, 5) is 23.4. The summed E-state index contributed by atoms with van der Waals surface area (Å²) in [7, 11) is 0. The molecule has 0 radical (unpaired) electrons. The topological polar surface area (TPSA) is 84.8 Å². The number of Topliss-reactive ketones (excluding diaryl/α,β-unsaturated/α-hetero) is 1. The van der Waals surface area contributed by atoms with Crippen LogP contribution in [0.15, 0.2) is 24.4 Å². The average molecular weight is 246 g/mol. The van der Waals surface area contributed by atoms with E-state index in [1.807, 2.05) is 0 Å². The van der Waals surface area contributed by atoms with Crippen molar-refractivity contribution in [3.05, 3.63) is 35.7 Å². The molecule has 0 aliphatic heterocycles. The van der Waals surface area contributed by atoms with Gasteiger partial charge < -0.3 is 15.2 Å².